The van der Waals surface area contributed by atoms with Crippen LogP contribution in [0.25, 0.3) is 0 Å². The molecule has 2 aromatic rings. The molecule has 19 heavy (non-hydrogen) atoms. The van der Waals surface area contributed by atoms with Gasteiger partial charge in [0.2, 0.25) is 0 Å². The molecule has 0 aliphatic heterocycles. The quantitative estimate of drug-likeness (QED) is 0.845. The van der Waals surface area contributed by atoms with E-state index in [4.69, 9.17) is 0 Å². The van der Waals surface area contributed by atoms with Crippen LogP contribution in [0.2, 0.25) is 0 Å². The molecular formula is C15H16Br2N2. The highest BCUT2D eigenvalue weighted by Gasteiger charge is 2.14. The number of hydrogen-bond acceptors (Lipinski definition) is 2. The molecule has 1 aromatic carbocycles. The highest BCUT2D eigenvalue weighted by molar-refractivity contribution is 9.10. The molecule has 1 atom stereocenters. The Morgan fingerprint density at radius 1 is 1.21 bits per heavy atom. The Bertz CT molecular complexity index is 553. The van der Waals surface area contributed by atoms with Gasteiger partial charge in [0.25, 0.3) is 0 Å². The van der Waals surface area contributed by atoms with E-state index in [1.807, 2.05) is 19.3 Å². The van der Waals surface area contributed by atoms with Crippen LogP contribution in [-0.4, -0.2) is 12.0 Å². The summed E-state index contributed by atoms with van der Waals surface area (Å²) in [6.45, 7) is 2.11. The molecule has 0 aliphatic carbocycles. The summed E-state index contributed by atoms with van der Waals surface area (Å²) in [7, 11) is 1.98. The van der Waals surface area contributed by atoms with E-state index in [-0.39, 0.29) is 6.04 Å². The second-order valence-electron chi connectivity index (χ2n) is 4.54. The van der Waals surface area contributed by atoms with Crippen LogP contribution >= 0.6 is 31.9 Å². The fourth-order valence-corrected chi connectivity index (χ4v) is 2.79. The first kappa shape index (κ1) is 14.7. The van der Waals surface area contributed by atoms with Gasteiger partial charge in [-0.05, 0) is 53.7 Å². The van der Waals surface area contributed by atoms with Crippen molar-refractivity contribution in [3.8, 4) is 0 Å². The van der Waals surface area contributed by atoms with E-state index in [9.17, 15) is 0 Å². The summed E-state index contributed by atoms with van der Waals surface area (Å²) in [5.74, 6) is 0. The highest BCUT2D eigenvalue weighted by atomic mass is 79.9. The first-order chi connectivity index (χ1) is 9.10. The lowest BCUT2D eigenvalue weighted by Gasteiger charge is -2.18. The number of pyridine rings is 1. The molecule has 1 unspecified atom stereocenters. The third-order valence-corrected chi connectivity index (χ3v) is 4.27. The molecule has 0 radical (unpaired) electrons. The maximum absolute atomic E-state index is 4.44. The number of nitrogens with one attached hydrogen (secondary N) is 1. The van der Waals surface area contributed by atoms with Gasteiger partial charge in [-0.3, -0.25) is 4.98 Å². The van der Waals surface area contributed by atoms with Crippen molar-refractivity contribution in [2.24, 2.45) is 0 Å². The molecule has 0 spiro atoms. The van der Waals surface area contributed by atoms with Gasteiger partial charge in [0.05, 0.1) is 0 Å². The van der Waals surface area contributed by atoms with Crippen molar-refractivity contribution < 1.29 is 0 Å². The topological polar surface area (TPSA) is 24.9 Å². The van der Waals surface area contributed by atoms with Gasteiger partial charge in [-0.25, -0.2) is 0 Å². The Kier molecular flexibility index (Phi) is 5.13. The molecule has 0 saturated heterocycles. The van der Waals surface area contributed by atoms with E-state index in [0.717, 1.165) is 21.1 Å². The van der Waals surface area contributed by atoms with Crippen molar-refractivity contribution in [1.82, 2.24) is 10.3 Å². The SMILES string of the molecule is CNC(Cc1ccc(Br)cn1)c1cc(C)ccc1Br. The monoisotopic (exact) mass is 382 g/mol. The summed E-state index contributed by atoms with van der Waals surface area (Å²) in [6, 6.07) is 10.8. The molecule has 1 heterocycles. The van der Waals surface area contributed by atoms with E-state index in [1.54, 1.807) is 0 Å². The minimum atomic E-state index is 0.253. The number of likely N-dealkylation sites (N-methyl/N-ethyl adjacent to an activating group) is 1. The molecule has 2 nitrogen and oxygen atoms in total. The van der Waals surface area contributed by atoms with Gasteiger partial charge in [-0.1, -0.05) is 33.6 Å². The van der Waals surface area contributed by atoms with E-state index < -0.39 is 0 Å². The van der Waals surface area contributed by atoms with Crippen LogP contribution in [-0.2, 0) is 6.42 Å². The third-order valence-electron chi connectivity index (χ3n) is 3.08. The Labute approximate surface area is 130 Å². The van der Waals surface area contributed by atoms with E-state index >= 15 is 0 Å². The summed E-state index contributed by atoms with van der Waals surface area (Å²) in [5.41, 5.74) is 3.62. The zero-order valence-electron chi connectivity index (χ0n) is 11.0. The van der Waals surface area contributed by atoms with Crippen molar-refractivity contribution in [1.29, 1.82) is 0 Å². The number of rotatable bonds is 4. The van der Waals surface area contributed by atoms with Crippen LogP contribution in [0.5, 0.6) is 0 Å². The third kappa shape index (κ3) is 3.88. The summed E-state index contributed by atoms with van der Waals surface area (Å²) in [6.07, 6.45) is 2.71. The zero-order valence-corrected chi connectivity index (χ0v) is 14.1. The van der Waals surface area contributed by atoms with Gasteiger partial charge >= 0.3 is 0 Å². The average Bonchev–Trinajstić information content (AvgIpc) is 2.41. The van der Waals surface area contributed by atoms with Crippen molar-refractivity contribution in [2.45, 2.75) is 19.4 Å². The van der Waals surface area contributed by atoms with Crippen molar-refractivity contribution in [3.63, 3.8) is 0 Å². The van der Waals surface area contributed by atoms with E-state index in [1.165, 1.54) is 11.1 Å². The molecule has 4 heteroatoms. The van der Waals surface area contributed by atoms with Gasteiger partial charge in [0, 0.05) is 33.3 Å². The number of aromatic nitrogens is 1. The molecule has 0 fully saturated rings. The maximum atomic E-state index is 4.44. The molecule has 2 rings (SSSR count). The van der Waals surface area contributed by atoms with Gasteiger partial charge in [-0.15, -0.1) is 0 Å². The maximum Gasteiger partial charge on any atom is 0.0423 e. The summed E-state index contributed by atoms with van der Waals surface area (Å²) in [4.78, 5) is 4.44. The lowest BCUT2D eigenvalue weighted by molar-refractivity contribution is 0.582. The predicted molar refractivity (Wildman–Crippen MR) is 86.3 cm³/mol. The lowest BCUT2D eigenvalue weighted by Crippen LogP contribution is -2.20. The van der Waals surface area contributed by atoms with Crippen LogP contribution in [0.15, 0.2) is 45.5 Å². The molecule has 0 aliphatic rings. The van der Waals surface area contributed by atoms with Gasteiger partial charge < -0.3 is 5.32 Å². The minimum Gasteiger partial charge on any atom is -0.313 e. The smallest absolute Gasteiger partial charge is 0.0423 e. The Balaban J connectivity index is 2.24. The van der Waals surface area contributed by atoms with Gasteiger partial charge in [0.1, 0.15) is 0 Å². The van der Waals surface area contributed by atoms with Crippen molar-refractivity contribution in [2.75, 3.05) is 7.05 Å². The second-order valence-corrected chi connectivity index (χ2v) is 6.31. The lowest BCUT2D eigenvalue weighted by atomic mass is 10.00. The van der Waals surface area contributed by atoms with Gasteiger partial charge in [0.15, 0.2) is 0 Å². The summed E-state index contributed by atoms with van der Waals surface area (Å²) >= 11 is 7.04. The summed E-state index contributed by atoms with van der Waals surface area (Å²) in [5, 5.41) is 3.37. The Morgan fingerprint density at radius 3 is 2.63 bits per heavy atom. The van der Waals surface area contributed by atoms with Crippen LogP contribution in [0.3, 0.4) is 0 Å². The van der Waals surface area contributed by atoms with E-state index in [2.05, 4.69) is 73.3 Å². The number of benzene rings is 1. The number of aryl methyl sites for hydroxylation is 1. The zero-order chi connectivity index (χ0) is 13.8. The molecule has 1 aromatic heterocycles. The second kappa shape index (κ2) is 6.64. The molecule has 100 valence electrons. The predicted octanol–water partition coefficient (Wildman–Crippen LogP) is 4.42. The number of hydrogen-bond donors (Lipinski definition) is 1. The van der Waals surface area contributed by atoms with Crippen LogP contribution in [0.1, 0.15) is 22.9 Å². The average molecular weight is 384 g/mol. The molecule has 1 N–H and O–H groups in total. The number of halogens is 2. The largest absolute Gasteiger partial charge is 0.313 e. The van der Waals surface area contributed by atoms with E-state index in [0.29, 0.717) is 0 Å². The minimum absolute atomic E-state index is 0.253. The van der Waals surface area contributed by atoms with Gasteiger partial charge in [-0.2, -0.15) is 0 Å². The summed E-state index contributed by atoms with van der Waals surface area (Å²) < 4.78 is 2.14. The first-order valence-corrected chi connectivity index (χ1v) is 7.72. The number of nitrogens with zero attached hydrogens (tertiary/aromatic N) is 1. The van der Waals surface area contributed by atoms with Crippen LogP contribution < -0.4 is 5.32 Å². The molecular weight excluding hydrogens is 368 g/mol. The van der Waals surface area contributed by atoms with Crippen LogP contribution in [0, 0.1) is 6.92 Å². The normalized spacial score (nSPS) is 12.4. The van der Waals surface area contributed by atoms with Crippen LogP contribution in [0.4, 0.5) is 0 Å². The highest BCUT2D eigenvalue weighted by Crippen LogP contribution is 2.26. The fraction of sp³-hybridized carbons (Fsp3) is 0.267. The van der Waals surface area contributed by atoms with Crippen molar-refractivity contribution in [3.05, 3.63) is 62.3 Å². The molecule has 0 amide bonds. The standard InChI is InChI=1S/C15H16Br2N2/c1-10-3-6-14(17)13(7-10)15(18-2)8-12-5-4-11(16)9-19-12/h3-7,9,15,18H,8H2,1-2H3. The van der Waals surface area contributed by atoms with Crippen molar-refractivity contribution >= 4 is 31.9 Å². The fourth-order valence-electron chi connectivity index (χ4n) is 2.03. The first-order valence-electron chi connectivity index (χ1n) is 6.14. The Hall–Kier alpha value is -0.710. The molecule has 0 bridgehead atoms. The Morgan fingerprint density at radius 2 is 2.00 bits per heavy atom. The molecule has 0 saturated carbocycles.